The SMILES string of the molecule is CN1CCC(c2ccc(Nc3cc(-c4ccnc(N5CCn6c(cc7c6CC(C)(C)C7)C5=O)c4CO)cn(C)c3=O)nc2)CC1. The number of pyridine rings is 3. The Kier molecular flexibility index (Phi) is 7.37. The number of nitrogens with one attached hydrogen (secondary N) is 1. The fourth-order valence-electron chi connectivity index (χ4n) is 7.40. The normalized spacial score (nSPS) is 18.2. The molecule has 7 rings (SSSR count). The number of piperidine rings is 1. The summed E-state index contributed by atoms with van der Waals surface area (Å²) in [7, 11) is 3.86. The van der Waals surface area contributed by atoms with Gasteiger partial charge in [0, 0.05) is 55.5 Å². The average Bonchev–Trinajstić information content (AvgIpc) is 3.52. The zero-order valence-electron chi connectivity index (χ0n) is 26.5. The quantitative estimate of drug-likeness (QED) is 0.333. The molecule has 10 nitrogen and oxygen atoms in total. The molecular formula is C35H41N7O3. The number of aryl methyl sites for hydroxylation is 1. The topological polar surface area (TPSA) is 109 Å². The minimum atomic E-state index is -0.306. The molecule has 0 saturated carbocycles. The lowest BCUT2D eigenvalue weighted by Crippen LogP contribution is -2.41. The van der Waals surface area contributed by atoms with Crippen molar-refractivity contribution in [3.8, 4) is 11.1 Å². The van der Waals surface area contributed by atoms with Gasteiger partial charge in [0.05, 0.1) is 6.61 Å². The summed E-state index contributed by atoms with van der Waals surface area (Å²) in [5.74, 6) is 1.43. The van der Waals surface area contributed by atoms with Crippen LogP contribution in [0, 0.1) is 5.41 Å². The van der Waals surface area contributed by atoms with Crippen LogP contribution in [0.1, 0.15) is 65.5 Å². The molecule has 1 saturated heterocycles. The summed E-state index contributed by atoms with van der Waals surface area (Å²) >= 11 is 0. The number of fused-ring (bicyclic) bond motifs is 3. The first-order chi connectivity index (χ1) is 21.6. The average molecular weight is 608 g/mol. The Morgan fingerprint density at radius 3 is 2.53 bits per heavy atom. The number of likely N-dealkylation sites (tertiary alicyclic amines) is 1. The Hall–Kier alpha value is -4.28. The van der Waals surface area contributed by atoms with E-state index in [9.17, 15) is 14.7 Å². The van der Waals surface area contributed by atoms with Gasteiger partial charge in [0.15, 0.2) is 0 Å². The molecule has 1 amide bonds. The molecule has 2 N–H and O–H groups in total. The van der Waals surface area contributed by atoms with Crippen molar-refractivity contribution in [2.45, 2.75) is 58.6 Å². The standard InChI is InChI=1S/C35H41N7O3/c1-35(2)17-24-16-29-34(45)42(14-13-41(29)30(24)18-35)32-27(21-43)26(7-10-36-32)25-15-28(33(44)40(4)20-25)38-31-6-5-23(19-37-31)22-8-11-39(3)12-9-22/h5-7,10,15-16,19-20,22,43H,8-9,11-14,17-18,21H2,1-4H3,(H,37,38). The molecule has 6 heterocycles. The van der Waals surface area contributed by atoms with Crippen LogP contribution >= 0.6 is 0 Å². The molecule has 10 heteroatoms. The number of carbonyl (C=O) groups is 1. The largest absolute Gasteiger partial charge is 0.392 e. The number of carbonyl (C=O) groups excluding carboxylic acids is 1. The number of aliphatic hydroxyl groups excluding tert-OH is 1. The molecule has 0 unspecified atom stereocenters. The number of aliphatic hydroxyl groups is 1. The lowest BCUT2D eigenvalue weighted by Gasteiger charge is -2.31. The Labute approximate surface area is 263 Å². The highest BCUT2D eigenvalue weighted by Crippen LogP contribution is 2.40. The van der Waals surface area contributed by atoms with Crippen LogP contribution in [0.5, 0.6) is 0 Å². The van der Waals surface area contributed by atoms with Crippen LogP contribution in [0.3, 0.4) is 0 Å². The predicted molar refractivity (Wildman–Crippen MR) is 175 cm³/mol. The van der Waals surface area contributed by atoms with E-state index in [2.05, 4.69) is 51.7 Å². The maximum absolute atomic E-state index is 13.8. The van der Waals surface area contributed by atoms with E-state index < -0.39 is 0 Å². The van der Waals surface area contributed by atoms with Gasteiger partial charge in [-0.15, -0.1) is 0 Å². The first kappa shape index (κ1) is 29.4. The van der Waals surface area contributed by atoms with Crippen molar-refractivity contribution < 1.29 is 9.90 Å². The van der Waals surface area contributed by atoms with Crippen molar-refractivity contribution in [2.75, 3.05) is 36.9 Å². The van der Waals surface area contributed by atoms with Crippen LogP contribution in [-0.2, 0) is 33.0 Å². The molecule has 1 aliphatic carbocycles. The van der Waals surface area contributed by atoms with Crippen molar-refractivity contribution in [3.63, 3.8) is 0 Å². The minimum Gasteiger partial charge on any atom is -0.392 e. The number of aromatic nitrogens is 4. The fourth-order valence-corrected chi connectivity index (χ4v) is 7.40. The van der Waals surface area contributed by atoms with Crippen molar-refractivity contribution in [1.82, 2.24) is 24.0 Å². The third-order valence-corrected chi connectivity index (χ3v) is 9.80. The van der Waals surface area contributed by atoms with Crippen LogP contribution in [0.25, 0.3) is 11.1 Å². The third kappa shape index (κ3) is 5.36. The van der Waals surface area contributed by atoms with E-state index in [1.807, 2.05) is 24.4 Å². The number of anilines is 3. The van der Waals surface area contributed by atoms with Gasteiger partial charge in [-0.2, -0.15) is 0 Å². The van der Waals surface area contributed by atoms with Crippen molar-refractivity contribution >= 4 is 23.2 Å². The lowest BCUT2D eigenvalue weighted by molar-refractivity contribution is 0.0962. The summed E-state index contributed by atoms with van der Waals surface area (Å²) in [6, 6.07) is 9.67. The second-order valence-corrected chi connectivity index (χ2v) is 13.7. The Morgan fingerprint density at radius 2 is 1.80 bits per heavy atom. The van der Waals surface area contributed by atoms with Crippen LogP contribution in [0.15, 0.2) is 53.7 Å². The zero-order chi connectivity index (χ0) is 31.5. The third-order valence-electron chi connectivity index (χ3n) is 9.80. The van der Waals surface area contributed by atoms with E-state index in [4.69, 9.17) is 0 Å². The van der Waals surface area contributed by atoms with Crippen LogP contribution in [0.2, 0.25) is 0 Å². The Bertz CT molecular complexity index is 1830. The molecule has 0 radical (unpaired) electrons. The molecular weight excluding hydrogens is 566 g/mol. The predicted octanol–water partition coefficient (Wildman–Crippen LogP) is 4.47. The summed E-state index contributed by atoms with van der Waals surface area (Å²) < 4.78 is 3.69. The van der Waals surface area contributed by atoms with E-state index in [1.54, 1.807) is 30.4 Å². The smallest absolute Gasteiger partial charge is 0.276 e. The maximum atomic E-state index is 13.8. The molecule has 2 aliphatic heterocycles. The molecule has 0 atom stereocenters. The minimum absolute atomic E-state index is 0.106. The first-order valence-electron chi connectivity index (χ1n) is 15.9. The highest BCUT2D eigenvalue weighted by Gasteiger charge is 2.37. The van der Waals surface area contributed by atoms with Crippen LogP contribution in [0.4, 0.5) is 17.3 Å². The van der Waals surface area contributed by atoms with E-state index in [0.29, 0.717) is 53.2 Å². The summed E-state index contributed by atoms with van der Waals surface area (Å²) in [5, 5.41) is 13.8. The van der Waals surface area contributed by atoms with E-state index in [-0.39, 0.29) is 23.5 Å². The van der Waals surface area contributed by atoms with Crippen molar-refractivity contribution in [1.29, 1.82) is 0 Å². The number of amides is 1. The summed E-state index contributed by atoms with van der Waals surface area (Å²) in [5.41, 5.74) is 6.81. The van der Waals surface area contributed by atoms with Gasteiger partial charge in [-0.05, 0) is 98.1 Å². The molecule has 45 heavy (non-hydrogen) atoms. The molecule has 0 bridgehead atoms. The molecule has 4 aromatic rings. The molecule has 0 aromatic carbocycles. The summed E-state index contributed by atoms with van der Waals surface area (Å²) in [6.07, 6.45) is 9.48. The van der Waals surface area contributed by atoms with Gasteiger partial charge in [0.2, 0.25) is 0 Å². The number of hydrogen-bond acceptors (Lipinski definition) is 7. The van der Waals surface area contributed by atoms with Crippen molar-refractivity contribution in [3.05, 3.63) is 87.4 Å². The number of rotatable bonds is 6. The fraction of sp³-hybridized carbons (Fsp3) is 0.429. The van der Waals surface area contributed by atoms with Gasteiger partial charge < -0.3 is 24.5 Å². The number of nitrogens with zero attached hydrogens (tertiary/aromatic N) is 6. The van der Waals surface area contributed by atoms with Gasteiger partial charge in [0.1, 0.15) is 23.0 Å². The van der Waals surface area contributed by atoms with Gasteiger partial charge in [-0.1, -0.05) is 19.9 Å². The second-order valence-electron chi connectivity index (χ2n) is 13.7. The van der Waals surface area contributed by atoms with Gasteiger partial charge in [-0.25, -0.2) is 9.97 Å². The second kappa shape index (κ2) is 11.3. The monoisotopic (exact) mass is 607 g/mol. The van der Waals surface area contributed by atoms with Crippen LogP contribution in [-0.4, -0.2) is 61.7 Å². The maximum Gasteiger partial charge on any atom is 0.276 e. The Morgan fingerprint density at radius 1 is 1.00 bits per heavy atom. The molecule has 0 spiro atoms. The van der Waals surface area contributed by atoms with Gasteiger partial charge in [-0.3, -0.25) is 14.5 Å². The highest BCUT2D eigenvalue weighted by atomic mass is 16.3. The molecule has 3 aliphatic rings. The molecule has 4 aromatic heterocycles. The Balaban J connectivity index is 1.17. The van der Waals surface area contributed by atoms with Crippen molar-refractivity contribution in [2.24, 2.45) is 12.5 Å². The molecule has 234 valence electrons. The van der Waals surface area contributed by atoms with Gasteiger partial charge in [0.25, 0.3) is 11.5 Å². The summed E-state index contributed by atoms with van der Waals surface area (Å²) in [6.45, 7) is 7.54. The zero-order valence-corrected chi connectivity index (χ0v) is 26.5. The highest BCUT2D eigenvalue weighted by molar-refractivity contribution is 6.06. The molecule has 1 fully saturated rings. The first-order valence-corrected chi connectivity index (χ1v) is 15.9. The summed E-state index contributed by atoms with van der Waals surface area (Å²) in [4.78, 5) is 40.3. The van der Waals surface area contributed by atoms with Crippen LogP contribution < -0.4 is 15.8 Å². The number of hydrogen-bond donors (Lipinski definition) is 2. The van der Waals surface area contributed by atoms with E-state index >= 15 is 0 Å². The van der Waals surface area contributed by atoms with Gasteiger partial charge >= 0.3 is 0 Å². The van der Waals surface area contributed by atoms with E-state index in [1.165, 1.54) is 21.4 Å². The van der Waals surface area contributed by atoms with E-state index in [0.717, 1.165) is 44.3 Å². The lowest BCUT2D eigenvalue weighted by atomic mass is 9.90.